The normalized spacial score (nSPS) is 19.0. The zero-order valence-corrected chi connectivity index (χ0v) is 11.2. The van der Waals surface area contributed by atoms with Crippen LogP contribution in [-0.4, -0.2) is 19.1 Å². The fourth-order valence-electron chi connectivity index (χ4n) is 2.78. The standard InChI is InChI=1S/C15H24N2/c1-11-8-12(2)10-15(9-11)17-13(3)14-4-6-16-7-5-14/h8-10,13-14,16-17H,4-7H2,1-3H3. The number of hydrogen-bond donors (Lipinski definition) is 2. The van der Waals surface area contributed by atoms with E-state index in [1.807, 2.05) is 0 Å². The van der Waals surface area contributed by atoms with E-state index in [1.54, 1.807) is 0 Å². The van der Waals surface area contributed by atoms with Gasteiger partial charge in [0.1, 0.15) is 0 Å². The summed E-state index contributed by atoms with van der Waals surface area (Å²) in [6.07, 6.45) is 2.58. The molecule has 1 aliphatic heterocycles. The molecule has 0 aromatic heterocycles. The van der Waals surface area contributed by atoms with Crippen molar-refractivity contribution in [2.45, 2.75) is 39.7 Å². The van der Waals surface area contributed by atoms with E-state index in [9.17, 15) is 0 Å². The molecule has 1 aromatic carbocycles. The second-order valence-electron chi connectivity index (χ2n) is 5.40. The molecule has 2 N–H and O–H groups in total. The van der Waals surface area contributed by atoms with Gasteiger partial charge in [0.15, 0.2) is 0 Å². The van der Waals surface area contributed by atoms with Gasteiger partial charge in [-0.2, -0.15) is 0 Å². The molecule has 1 unspecified atom stereocenters. The second kappa shape index (κ2) is 5.54. The van der Waals surface area contributed by atoms with E-state index in [1.165, 1.54) is 42.7 Å². The second-order valence-corrected chi connectivity index (χ2v) is 5.40. The van der Waals surface area contributed by atoms with Crippen molar-refractivity contribution < 1.29 is 0 Å². The number of benzene rings is 1. The molecule has 1 saturated heterocycles. The van der Waals surface area contributed by atoms with E-state index in [4.69, 9.17) is 0 Å². The number of anilines is 1. The molecule has 2 nitrogen and oxygen atoms in total. The quantitative estimate of drug-likeness (QED) is 0.837. The molecular formula is C15H24N2. The van der Waals surface area contributed by atoms with Crippen LogP contribution in [-0.2, 0) is 0 Å². The third-order valence-electron chi connectivity index (χ3n) is 3.71. The highest BCUT2D eigenvalue weighted by molar-refractivity contribution is 5.49. The lowest BCUT2D eigenvalue weighted by atomic mass is 9.91. The van der Waals surface area contributed by atoms with Crippen LogP contribution in [0.2, 0.25) is 0 Å². The summed E-state index contributed by atoms with van der Waals surface area (Å²) >= 11 is 0. The number of nitrogens with one attached hydrogen (secondary N) is 2. The summed E-state index contributed by atoms with van der Waals surface area (Å²) in [5.74, 6) is 0.803. The van der Waals surface area contributed by atoms with Gasteiger partial charge in [-0.05, 0) is 75.9 Å². The lowest BCUT2D eigenvalue weighted by Gasteiger charge is -2.29. The predicted octanol–water partition coefficient (Wildman–Crippen LogP) is 3.10. The van der Waals surface area contributed by atoms with Gasteiger partial charge in [-0.1, -0.05) is 6.07 Å². The average molecular weight is 232 g/mol. The van der Waals surface area contributed by atoms with E-state index in [0.717, 1.165) is 5.92 Å². The summed E-state index contributed by atoms with van der Waals surface area (Å²) in [6, 6.07) is 7.27. The van der Waals surface area contributed by atoms with Crippen molar-refractivity contribution >= 4 is 5.69 Å². The first kappa shape index (κ1) is 12.4. The Morgan fingerprint density at radius 1 is 1.12 bits per heavy atom. The monoisotopic (exact) mass is 232 g/mol. The maximum absolute atomic E-state index is 3.67. The van der Waals surface area contributed by atoms with Gasteiger partial charge in [0.25, 0.3) is 0 Å². The molecule has 1 atom stereocenters. The number of rotatable bonds is 3. The smallest absolute Gasteiger partial charge is 0.0347 e. The van der Waals surface area contributed by atoms with Gasteiger partial charge in [0.05, 0.1) is 0 Å². The lowest BCUT2D eigenvalue weighted by molar-refractivity contribution is 0.343. The van der Waals surface area contributed by atoms with Crippen LogP contribution in [0.25, 0.3) is 0 Å². The van der Waals surface area contributed by atoms with Crippen molar-refractivity contribution in [3.05, 3.63) is 29.3 Å². The minimum absolute atomic E-state index is 0.568. The summed E-state index contributed by atoms with van der Waals surface area (Å²) in [7, 11) is 0. The average Bonchev–Trinajstić information content (AvgIpc) is 2.28. The molecule has 0 spiro atoms. The Kier molecular flexibility index (Phi) is 4.06. The Hall–Kier alpha value is -1.02. The summed E-state index contributed by atoms with van der Waals surface area (Å²) < 4.78 is 0. The van der Waals surface area contributed by atoms with Gasteiger partial charge < -0.3 is 10.6 Å². The Morgan fingerprint density at radius 2 is 1.71 bits per heavy atom. The molecule has 0 bridgehead atoms. The van der Waals surface area contributed by atoms with Gasteiger partial charge in [0, 0.05) is 11.7 Å². The molecule has 0 aliphatic carbocycles. The maximum atomic E-state index is 3.67. The number of aryl methyl sites for hydroxylation is 2. The summed E-state index contributed by atoms with van der Waals surface area (Å²) in [5, 5.41) is 7.09. The van der Waals surface area contributed by atoms with Gasteiger partial charge >= 0.3 is 0 Å². The van der Waals surface area contributed by atoms with Crippen LogP contribution < -0.4 is 10.6 Å². The van der Waals surface area contributed by atoms with Gasteiger partial charge in [-0.15, -0.1) is 0 Å². The van der Waals surface area contributed by atoms with Crippen molar-refractivity contribution in [1.29, 1.82) is 0 Å². The molecule has 17 heavy (non-hydrogen) atoms. The van der Waals surface area contributed by atoms with E-state index >= 15 is 0 Å². The summed E-state index contributed by atoms with van der Waals surface area (Å²) in [5.41, 5.74) is 3.95. The van der Waals surface area contributed by atoms with Crippen LogP contribution in [0.4, 0.5) is 5.69 Å². The molecule has 1 aliphatic rings. The molecule has 0 saturated carbocycles. The van der Waals surface area contributed by atoms with Gasteiger partial charge in [-0.3, -0.25) is 0 Å². The van der Waals surface area contributed by atoms with Crippen LogP contribution in [0.5, 0.6) is 0 Å². The molecule has 94 valence electrons. The molecule has 0 amide bonds. The summed E-state index contributed by atoms with van der Waals surface area (Å²) in [4.78, 5) is 0. The van der Waals surface area contributed by atoms with E-state index < -0.39 is 0 Å². The van der Waals surface area contributed by atoms with Crippen molar-refractivity contribution in [2.75, 3.05) is 18.4 Å². The Bertz CT molecular complexity index is 347. The molecule has 2 rings (SSSR count). The van der Waals surface area contributed by atoms with Crippen LogP contribution >= 0.6 is 0 Å². The zero-order chi connectivity index (χ0) is 12.3. The zero-order valence-electron chi connectivity index (χ0n) is 11.2. The first-order valence-electron chi connectivity index (χ1n) is 6.71. The van der Waals surface area contributed by atoms with Gasteiger partial charge in [-0.25, -0.2) is 0 Å². The fourth-order valence-corrected chi connectivity index (χ4v) is 2.78. The lowest BCUT2D eigenvalue weighted by Crippen LogP contribution is -2.36. The highest BCUT2D eigenvalue weighted by atomic mass is 14.9. The molecule has 1 aromatic rings. The largest absolute Gasteiger partial charge is 0.382 e. The van der Waals surface area contributed by atoms with Crippen molar-refractivity contribution in [1.82, 2.24) is 5.32 Å². The van der Waals surface area contributed by atoms with Gasteiger partial charge in [0.2, 0.25) is 0 Å². The number of hydrogen-bond acceptors (Lipinski definition) is 2. The van der Waals surface area contributed by atoms with Crippen molar-refractivity contribution in [2.24, 2.45) is 5.92 Å². The molecule has 2 heteroatoms. The topological polar surface area (TPSA) is 24.1 Å². The van der Waals surface area contributed by atoms with Crippen LogP contribution in [0.15, 0.2) is 18.2 Å². The van der Waals surface area contributed by atoms with Crippen molar-refractivity contribution in [3.63, 3.8) is 0 Å². The molecule has 1 heterocycles. The van der Waals surface area contributed by atoms with E-state index in [2.05, 4.69) is 49.6 Å². The highest BCUT2D eigenvalue weighted by Gasteiger charge is 2.19. The minimum atomic E-state index is 0.568. The maximum Gasteiger partial charge on any atom is 0.0347 e. The predicted molar refractivity (Wildman–Crippen MR) is 74.6 cm³/mol. The number of piperidine rings is 1. The molecule has 1 fully saturated rings. The third-order valence-corrected chi connectivity index (χ3v) is 3.71. The first-order chi connectivity index (χ1) is 8.15. The first-order valence-corrected chi connectivity index (χ1v) is 6.71. The SMILES string of the molecule is Cc1cc(C)cc(NC(C)C2CCNCC2)c1. The fraction of sp³-hybridized carbons (Fsp3) is 0.600. The third kappa shape index (κ3) is 3.47. The Morgan fingerprint density at radius 3 is 2.29 bits per heavy atom. The summed E-state index contributed by atoms with van der Waals surface area (Å²) in [6.45, 7) is 8.97. The van der Waals surface area contributed by atoms with Crippen LogP contribution in [0, 0.1) is 19.8 Å². The van der Waals surface area contributed by atoms with E-state index in [0.29, 0.717) is 6.04 Å². The van der Waals surface area contributed by atoms with E-state index in [-0.39, 0.29) is 0 Å². The minimum Gasteiger partial charge on any atom is -0.382 e. The van der Waals surface area contributed by atoms with Crippen molar-refractivity contribution in [3.8, 4) is 0 Å². The Balaban J connectivity index is 1.99. The Labute approximate surface area is 105 Å². The molecule has 0 radical (unpaired) electrons. The molecular weight excluding hydrogens is 208 g/mol. The van der Waals surface area contributed by atoms with Crippen LogP contribution in [0.1, 0.15) is 30.9 Å². The highest BCUT2D eigenvalue weighted by Crippen LogP contribution is 2.21. The van der Waals surface area contributed by atoms with Crippen LogP contribution in [0.3, 0.4) is 0 Å².